The van der Waals surface area contributed by atoms with Gasteiger partial charge in [0.1, 0.15) is 6.61 Å². The van der Waals surface area contributed by atoms with E-state index in [9.17, 15) is 4.79 Å². The van der Waals surface area contributed by atoms with Crippen molar-refractivity contribution in [1.29, 1.82) is 0 Å². The molecule has 2 aromatic carbocycles. The Bertz CT molecular complexity index is 745. The van der Waals surface area contributed by atoms with Gasteiger partial charge in [-0.05, 0) is 36.1 Å². The van der Waals surface area contributed by atoms with Crippen LogP contribution in [0.25, 0.3) is 0 Å². The van der Waals surface area contributed by atoms with E-state index < -0.39 is 0 Å². The number of cyclic esters (lactones) is 1. The second-order valence-corrected chi connectivity index (χ2v) is 6.72. The molecule has 2 aliphatic rings. The van der Waals surface area contributed by atoms with E-state index in [1.54, 1.807) is 0 Å². The zero-order valence-electron chi connectivity index (χ0n) is 13.9. The molecule has 2 aliphatic heterocycles. The van der Waals surface area contributed by atoms with Crippen molar-refractivity contribution in [3.63, 3.8) is 0 Å². The Morgan fingerprint density at radius 1 is 1.17 bits per heavy atom. The molecule has 1 fully saturated rings. The van der Waals surface area contributed by atoms with Gasteiger partial charge in [-0.3, -0.25) is 9.80 Å². The van der Waals surface area contributed by atoms with Crippen LogP contribution in [0.1, 0.15) is 23.1 Å². The second kappa shape index (κ2) is 6.29. The maximum absolute atomic E-state index is 12.2. The van der Waals surface area contributed by atoms with Crippen LogP contribution in [-0.4, -0.2) is 30.2 Å². The minimum absolute atomic E-state index is 0.136. The van der Waals surface area contributed by atoms with Crippen molar-refractivity contribution in [3.8, 4) is 0 Å². The van der Waals surface area contributed by atoms with E-state index in [4.69, 9.17) is 4.74 Å². The van der Waals surface area contributed by atoms with E-state index in [1.165, 1.54) is 16.7 Å². The summed E-state index contributed by atoms with van der Waals surface area (Å²) in [6.45, 7) is 5.29. The summed E-state index contributed by atoms with van der Waals surface area (Å²) in [5.74, 6) is 0. The van der Waals surface area contributed by atoms with Gasteiger partial charge in [0.15, 0.2) is 0 Å². The van der Waals surface area contributed by atoms with Crippen LogP contribution in [0.4, 0.5) is 10.5 Å². The number of benzene rings is 2. The smallest absolute Gasteiger partial charge is 0.414 e. The summed E-state index contributed by atoms with van der Waals surface area (Å²) in [6, 6.07) is 17.1. The maximum Gasteiger partial charge on any atom is 0.414 e. The molecule has 1 atom stereocenters. The molecule has 0 spiro atoms. The number of carbonyl (C=O) groups is 1. The lowest BCUT2D eigenvalue weighted by Gasteiger charge is -2.32. The number of carbonyl (C=O) groups excluding carboxylic acids is 1. The van der Waals surface area contributed by atoms with Crippen molar-refractivity contribution < 1.29 is 9.53 Å². The van der Waals surface area contributed by atoms with Crippen LogP contribution < -0.4 is 4.90 Å². The minimum Gasteiger partial charge on any atom is -0.447 e. The Morgan fingerprint density at radius 2 is 2.00 bits per heavy atom. The highest BCUT2D eigenvalue weighted by molar-refractivity contribution is 5.91. The summed E-state index contributed by atoms with van der Waals surface area (Å²) in [5, 5.41) is 0. The number of fused-ring (bicyclic) bond motifs is 3. The third-order valence-corrected chi connectivity index (χ3v) is 4.88. The Morgan fingerprint density at radius 3 is 2.83 bits per heavy atom. The van der Waals surface area contributed by atoms with E-state index in [0.29, 0.717) is 6.61 Å². The largest absolute Gasteiger partial charge is 0.447 e. The van der Waals surface area contributed by atoms with Crippen molar-refractivity contribution in [2.75, 3.05) is 18.1 Å². The lowest BCUT2D eigenvalue weighted by atomic mass is 10.0. The molecule has 124 valence electrons. The monoisotopic (exact) mass is 322 g/mol. The molecular formula is C20H22N2O2. The average Bonchev–Trinajstić information content (AvgIpc) is 2.94. The summed E-state index contributed by atoms with van der Waals surface area (Å²) in [7, 11) is 0. The number of rotatable bonds is 2. The molecule has 2 aromatic rings. The van der Waals surface area contributed by atoms with Crippen molar-refractivity contribution in [3.05, 3.63) is 65.2 Å². The number of anilines is 1. The third kappa shape index (κ3) is 2.89. The number of hydrogen-bond acceptors (Lipinski definition) is 3. The first kappa shape index (κ1) is 15.2. The van der Waals surface area contributed by atoms with Crippen LogP contribution in [-0.2, 0) is 17.8 Å². The quantitative estimate of drug-likeness (QED) is 0.844. The van der Waals surface area contributed by atoms with Gasteiger partial charge in [-0.1, -0.05) is 42.5 Å². The van der Waals surface area contributed by atoms with E-state index in [0.717, 1.165) is 31.7 Å². The molecule has 4 heteroatoms. The van der Waals surface area contributed by atoms with Gasteiger partial charge < -0.3 is 4.74 Å². The van der Waals surface area contributed by atoms with Crippen LogP contribution in [0.15, 0.2) is 48.5 Å². The molecule has 0 N–H and O–H groups in total. The molecule has 2 heterocycles. The topological polar surface area (TPSA) is 32.8 Å². The Balaban J connectivity index is 1.66. The highest BCUT2D eigenvalue weighted by Crippen LogP contribution is 2.32. The molecule has 0 aliphatic carbocycles. The normalized spacial score (nSPS) is 20.8. The predicted molar refractivity (Wildman–Crippen MR) is 94.0 cm³/mol. The Hall–Kier alpha value is -2.33. The standard InChI is InChI=1S/C20H22N2O2/c1-15-7-8-17-13-21(12-16-5-3-2-4-6-16)10-9-18-14-24-20(23)22(18)19(17)11-15/h2-8,11,18H,9-10,12-14H2,1H3/t18-/m0/s1. The number of nitrogens with zero attached hydrogens (tertiary/aromatic N) is 2. The van der Waals surface area contributed by atoms with Gasteiger partial charge in [0.25, 0.3) is 0 Å². The van der Waals surface area contributed by atoms with Crippen LogP contribution in [0.5, 0.6) is 0 Å². The predicted octanol–water partition coefficient (Wildman–Crippen LogP) is 3.73. The summed E-state index contributed by atoms with van der Waals surface area (Å²) >= 11 is 0. The van der Waals surface area contributed by atoms with Crippen LogP contribution in [0.2, 0.25) is 0 Å². The number of ether oxygens (including phenoxy) is 1. The van der Waals surface area contributed by atoms with Crippen molar-refractivity contribution >= 4 is 11.8 Å². The van der Waals surface area contributed by atoms with Crippen LogP contribution in [0, 0.1) is 6.92 Å². The van der Waals surface area contributed by atoms with Gasteiger partial charge in [0.05, 0.1) is 11.7 Å². The fourth-order valence-corrected chi connectivity index (χ4v) is 3.63. The average molecular weight is 322 g/mol. The molecule has 24 heavy (non-hydrogen) atoms. The summed E-state index contributed by atoms with van der Waals surface area (Å²) < 4.78 is 5.33. The minimum atomic E-state index is -0.205. The Kier molecular flexibility index (Phi) is 3.98. The van der Waals surface area contributed by atoms with Gasteiger partial charge in [-0.25, -0.2) is 4.79 Å². The molecule has 4 nitrogen and oxygen atoms in total. The van der Waals surface area contributed by atoms with Gasteiger partial charge >= 0.3 is 6.09 Å². The lowest BCUT2D eigenvalue weighted by Crippen LogP contribution is -2.40. The summed E-state index contributed by atoms with van der Waals surface area (Å²) in [4.78, 5) is 16.5. The van der Waals surface area contributed by atoms with E-state index in [2.05, 4.69) is 54.3 Å². The van der Waals surface area contributed by atoms with Gasteiger partial charge in [0, 0.05) is 19.6 Å². The van der Waals surface area contributed by atoms with E-state index in [1.807, 2.05) is 11.0 Å². The lowest BCUT2D eigenvalue weighted by molar-refractivity contribution is 0.177. The second-order valence-electron chi connectivity index (χ2n) is 6.72. The van der Waals surface area contributed by atoms with E-state index in [-0.39, 0.29) is 12.1 Å². The molecule has 0 saturated carbocycles. The van der Waals surface area contributed by atoms with Gasteiger partial charge in [-0.15, -0.1) is 0 Å². The maximum atomic E-state index is 12.2. The third-order valence-electron chi connectivity index (χ3n) is 4.88. The van der Waals surface area contributed by atoms with Crippen molar-refractivity contribution in [2.45, 2.75) is 32.5 Å². The van der Waals surface area contributed by atoms with E-state index >= 15 is 0 Å². The SMILES string of the molecule is Cc1ccc2c(c1)N1C(=O)OC[C@@H]1CCN(Cc1ccccc1)C2. The highest BCUT2D eigenvalue weighted by Gasteiger charge is 2.36. The van der Waals surface area contributed by atoms with Crippen molar-refractivity contribution in [2.24, 2.45) is 0 Å². The number of aryl methyl sites for hydroxylation is 1. The Labute approximate surface area is 142 Å². The fraction of sp³-hybridized carbons (Fsp3) is 0.350. The zero-order chi connectivity index (χ0) is 16.5. The van der Waals surface area contributed by atoms with Crippen LogP contribution >= 0.6 is 0 Å². The first-order valence-corrected chi connectivity index (χ1v) is 8.52. The molecule has 0 aromatic heterocycles. The fourth-order valence-electron chi connectivity index (χ4n) is 3.63. The molecule has 0 radical (unpaired) electrons. The van der Waals surface area contributed by atoms with Gasteiger partial charge in [0.2, 0.25) is 0 Å². The number of amides is 1. The molecular weight excluding hydrogens is 300 g/mol. The summed E-state index contributed by atoms with van der Waals surface area (Å²) in [6.07, 6.45) is 0.731. The molecule has 1 amide bonds. The molecule has 4 rings (SSSR count). The summed E-state index contributed by atoms with van der Waals surface area (Å²) in [5.41, 5.74) is 4.70. The first-order valence-electron chi connectivity index (χ1n) is 8.52. The highest BCUT2D eigenvalue weighted by atomic mass is 16.6. The van der Waals surface area contributed by atoms with Crippen LogP contribution in [0.3, 0.4) is 0 Å². The molecule has 0 unspecified atom stereocenters. The molecule has 0 bridgehead atoms. The first-order chi connectivity index (χ1) is 11.7. The van der Waals surface area contributed by atoms with Crippen molar-refractivity contribution in [1.82, 2.24) is 4.90 Å². The molecule has 1 saturated heterocycles. The zero-order valence-corrected chi connectivity index (χ0v) is 13.9. The number of hydrogen-bond donors (Lipinski definition) is 0. The van der Waals surface area contributed by atoms with Gasteiger partial charge in [-0.2, -0.15) is 0 Å².